The zero-order valence-corrected chi connectivity index (χ0v) is 14.2. The van der Waals surface area contributed by atoms with E-state index in [9.17, 15) is 0 Å². The average Bonchev–Trinajstić information content (AvgIpc) is 2.98. The number of rotatable bonds is 6. The first kappa shape index (κ1) is 17.4. The molecule has 0 unspecified atom stereocenters. The van der Waals surface area contributed by atoms with Gasteiger partial charge in [0.25, 0.3) is 0 Å². The van der Waals surface area contributed by atoms with Crippen LogP contribution in [0.1, 0.15) is 6.42 Å². The molecule has 0 aliphatic heterocycles. The van der Waals surface area contributed by atoms with Gasteiger partial charge in [-0.05, 0) is 30.7 Å². The van der Waals surface area contributed by atoms with Crippen molar-refractivity contribution in [3.8, 4) is 22.9 Å². The van der Waals surface area contributed by atoms with E-state index >= 15 is 0 Å². The molecule has 2 heterocycles. The van der Waals surface area contributed by atoms with Crippen LogP contribution in [0.15, 0.2) is 36.5 Å². The van der Waals surface area contributed by atoms with Crippen molar-refractivity contribution >= 4 is 35.2 Å². The van der Waals surface area contributed by atoms with Crippen molar-refractivity contribution < 1.29 is 9.47 Å². The van der Waals surface area contributed by atoms with Crippen molar-refractivity contribution in [2.45, 2.75) is 6.42 Å². The number of aromatic amines is 1. The highest BCUT2D eigenvalue weighted by molar-refractivity contribution is 6.17. The van der Waals surface area contributed by atoms with Gasteiger partial charge < -0.3 is 14.5 Å². The van der Waals surface area contributed by atoms with Crippen LogP contribution < -0.4 is 9.47 Å². The topological polar surface area (TPSA) is 60.0 Å². The first-order valence-electron chi connectivity index (χ1n) is 6.99. The second-order valence-electron chi connectivity index (χ2n) is 4.71. The first-order valence-corrected chi connectivity index (χ1v) is 7.53. The fourth-order valence-electron chi connectivity index (χ4n) is 2.15. The minimum Gasteiger partial charge on any atom is -0.497 e. The van der Waals surface area contributed by atoms with Gasteiger partial charge in [-0.3, -0.25) is 0 Å². The average molecular weight is 354 g/mol. The summed E-state index contributed by atoms with van der Waals surface area (Å²) in [7, 11) is 1.63. The molecule has 3 rings (SSSR count). The minimum atomic E-state index is 0. The van der Waals surface area contributed by atoms with E-state index < -0.39 is 0 Å². The summed E-state index contributed by atoms with van der Waals surface area (Å²) in [4.78, 5) is 12.0. The number of pyridine rings is 1. The first-order chi connectivity index (χ1) is 10.8. The van der Waals surface area contributed by atoms with Crippen molar-refractivity contribution in [1.82, 2.24) is 15.0 Å². The van der Waals surface area contributed by atoms with Gasteiger partial charge >= 0.3 is 0 Å². The number of benzene rings is 1. The SMILES string of the molecule is COc1ccc(-c2nc3ncccc3[nH]2)c(OCCCCl)c1.Cl. The number of alkyl halides is 1. The van der Waals surface area contributed by atoms with E-state index in [1.165, 1.54) is 0 Å². The second kappa shape index (κ2) is 8.04. The van der Waals surface area contributed by atoms with E-state index in [0.29, 0.717) is 23.9 Å². The predicted octanol–water partition coefficient (Wildman–Crippen LogP) is 4.06. The Labute approximate surface area is 145 Å². The highest BCUT2D eigenvalue weighted by Gasteiger charge is 2.12. The summed E-state index contributed by atoms with van der Waals surface area (Å²) in [6.07, 6.45) is 2.50. The molecule has 0 radical (unpaired) electrons. The lowest BCUT2D eigenvalue weighted by molar-refractivity contribution is 0.316. The standard InChI is InChI=1S/C16H16ClN3O2.ClH/c1-21-11-5-6-12(14(10-11)22-9-3-7-17)15-19-13-4-2-8-18-16(13)20-15;/h2,4-6,8,10H,3,7,9H2,1H3,(H,18,19,20);1H. The summed E-state index contributed by atoms with van der Waals surface area (Å²) < 4.78 is 11.1. The number of ether oxygens (including phenoxy) is 2. The number of fused-ring (bicyclic) bond motifs is 1. The number of halogens is 2. The normalized spacial score (nSPS) is 10.3. The van der Waals surface area contributed by atoms with E-state index in [4.69, 9.17) is 21.1 Å². The number of methoxy groups -OCH3 is 1. The number of nitrogens with one attached hydrogen (secondary N) is 1. The molecule has 0 bridgehead atoms. The van der Waals surface area contributed by atoms with E-state index in [-0.39, 0.29) is 12.4 Å². The molecular weight excluding hydrogens is 337 g/mol. The zero-order valence-electron chi connectivity index (χ0n) is 12.6. The molecule has 7 heteroatoms. The van der Waals surface area contributed by atoms with Crippen molar-refractivity contribution in [2.24, 2.45) is 0 Å². The molecule has 0 aliphatic carbocycles. The monoisotopic (exact) mass is 353 g/mol. The Morgan fingerprint density at radius 3 is 2.87 bits per heavy atom. The Morgan fingerprint density at radius 2 is 2.13 bits per heavy atom. The fourth-order valence-corrected chi connectivity index (χ4v) is 2.26. The summed E-state index contributed by atoms with van der Waals surface area (Å²) in [6.45, 7) is 0.544. The van der Waals surface area contributed by atoms with Crippen LogP contribution in [0.3, 0.4) is 0 Å². The largest absolute Gasteiger partial charge is 0.497 e. The Kier molecular flexibility index (Phi) is 6.07. The van der Waals surface area contributed by atoms with Crippen LogP contribution in [-0.2, 0) is 0 Å². The van der Waals surface area contributed by atoms with E-state index in [2.05, 4.69) is 15.0 Å². The van der Waals surface area contributed by atoms with Crippen molar-refractivity contribution in [1.29, 1.82) is 0 Å². The fraction of sp³-hybridized carbons (Fsp3) is 0.250. The molecule has 0 spiro atoms. The number of hydrogen-bond donors (Lipinski definition) is 1. The van der Waals surface area contributed by atoms with Gasteiger partial charge in [-0.25, -0.2) is 9.97 Å². The van der Waals surface area contributed by atoms with E-state index in [0.717, 1.165) is 29.1 Å². The molecule has 1 N–H and O–H groups in total. The van der Waals surface area contributed by atoms with Gasteiger partial charge in [0.2, 0.25) is 0 Å². The van der Waals surface area contributed by atoms with Crippen molar-refractivity contribution in [2.75, 3.05) is 19.6 Å². The van der Waals surface area contributed by atoms with Crippen LogP contribution >= 0.6 is 24.0 Å². The summed E-state index contributed by atoms with van der Waals surface area (Å²) in [5.41, 5.74) is 2.44. The lowest BCUT2D eigenvalue weighted by atomic mass is 10.2. The molecule has 0 amide bonds. The zero-order chi connectivity index (χ0) is 15.4. The molecule has 0 aliphatic rings. The summed E-state index contributed by atoms with van der Waals surface area (Å²) in [5.74, 6) is 2.73. The molecule has 0 fully saturated rings. The number of imidazole rings is 1. The van der Waals surface area contributed by atoms with Gasteiger partial charge in [0.15, 0.2) is 5.65 Å². The van der Waals surface area contributed by atoms with Gasteiger partial charge in [0, 0.05) is 18.1 Å². The number of hydrogen-bond acceptors (Lipinski definition) is 4. The van der Waals surface area contributed by atoms with Gasteiger partial charge in [0.05, 0.1) is 24.8 Å². The maximum absolute atomic E-state index is 5.83. The summed E-state index contributed by atoms with van der Waals surface area (Å²) >= 11 is 5.71. The predicted molar refractivity (Wildman–Crippen MR) is 94.0 cm³/mol. The van der Waals surface area contributed by atoms with Crippen molar-refractivity contribution in [3.63, 3.8) is 0 Å². The van der Waals surface area contributed by atoms with Crippen LogP contribution in [0.5, 0.6) is 11.5 Å². The molecule has 0 saturated heterocycles. The highest BCUT2D eigenvalue weighted by Crippen LogP contribution is 2.32. The van der Waals surface area contributed by atoms with Crippen LogP contribution in [0.25, 0.3) is 22.6 Å². The molecule has 122 valence electrons. The van der Waals surface area contributed by atoms with Crippen LogP contribution in [0, 0.1) is 0 Å². The number of nitrogens with zero attached hydrogens (tertiary/aromatic N) is 2. The summed E-state index contributed by atoms with van der Waals surface area (Å²) in [5, 5.41) is 0. The quantitative estimate of drug-likeness (QED) is 0.536. The maximum Gasteiger partial charge on any atom is 0.178 e. The number of H-pyrrole nitrogens is 1. The van der Waals surface area contributed by atoms with E-state index in [1.807, 2.05) is 30.3 Å². The van der Waals surface area contributed by atoms with Gasteiger partial charge in [-0.15, -0.1) is 24.0 Å². The third-order valence-corrected chi connectivity index (χ3v) is 3.50. The lowest BCUT2D eigenvalue weighted by Gasteiger charge is -2.11. The molecular formula is C16H17Cl2N3O2. The smallest absolute Gasteiger partial charge is 0.178 e. The molecule has 1 aromatic carbocycles. The van der Waals surface area contributed by atoms with Crippen LogP contribution in [0.2, 0.25) is 0 Å². The third kappa shape index (κ3) is 3.86. The maximum atomic E-state index is 5.83. The molecule has 5 nitrogen and oxygen atoms in total. The Balaban J connectivity index is 0.00000192. The van der Waals surface area contributed by atoms with Crippen LogP contribution in [-0.4, -0.2) is 34.5 Å². The van der Waals surface area contributed by atoms with E-state index in [1.54, 1.807) is 13.3 Å². The van der Waals surface area contributed by atoms with Gasteiger partial charge in [-0.1, -0.05) is 0 Å². The lowest BCUT2D eigenvalue weighted by Crippen LogP contribution is -2.00. The van der Waals surface area contributed by atoms with Crippen molar-refractivity contribution in [3.05, 3.63) is 36.5 Å². The molecule has 23 heavy (non-hydrogen) atoms. The molecule has 0 saturated carbocycles. The Morgan fingerprint density at radius 1 is 1.26 bits per heavy atom. The van der Waals surface area contributed by atoms with Gasteiger partial charge in [-0.2, -0.15) is 0 Å². The summed E-state index contributed by atoms with van der Waals surface area (Å²) in [6, 6.07) is 9.47. The van der Waals surface area contributed by atoms with Gasteiger partial charge in [0.1, 0.15) is 17.3 Å². The molecule has 2 aromatic heterocycles. The number of aromatic nitrogens is 3. The molecule has 3 aromatic rings. The molecule has 0 atom stereocenters. The second-order valence-corrected chi connectivity index (χ2v) is 5.09. The Hall–Kier alpha value is -1.98. The highest BCUT2D eigenvalue weighted by atomic mass is 35.5. The minimum absolute atomic E-state index is 0. The van der Waals surface area contributed by atoms with Crippen LogP contribution in [0.4, 0.5) is 0 Å². The third-order valence-electron chi connectivity index (χ3n) is 3.24. The Bertz CT molecular complexity index is 744.